The van der Waals surface area contributed by atoms with Crippen LogP contribution in [0.5, 0.6) is 0 Å². The van der Waals surface area contributed by atoms with Gasteiger partial charge in [-0.05, 0) is 57.5 Å². The molecule has 1 N–H and O–H groups in total. The highest BCUT2D eigenvalue weighted by molar-refractivity contribution is 4.85. The molecule has 0 amide bonds. The maximum Gasteiger partial charge on any atom is 0.00953 e. The molecule has 0 aromatic heterocycles. The number of likely N-dealkylation sites (tertiary alicyclic amines) is 1. The van der Waals surface area contributed by atoms with Crippen LogP contribution in [0, 0.1) is 5.92 Å². The van der Waals surface area contributed by atoms with E-state index in [2.05, 4.69) is 10.2 Å². The highest BCUT2D eigenvalue weighted by atomic mass is 15.2. The fraction of sp³-hybridized carbons (Fsp3) is 1.00. The molecule has 1 unspecified atom stereocenters. The normalized spacial score (nSPS) is 32.8. The maximum atomic E-state index is 3.72. The molecule has 2 nitrogen and oxygen atoms in total. The summed E-state index contributed by atoms with van der Waals surface area (Å²) in [7, 11) is 0. The largest absolute Gasteiger partial charge is 0.314 e. The molecule has 2 heteroatoms. The first-order valence-electron chi connectivity index (χ1n) is 7.89. The summed E-state index contributed by atoms with van der Waals surface area (Å²) in [5.74, 6) is 0.936. The van der Waals surface area contributed by atoms with Gasteiger partial charge in [0, 0.05) is 18.6 Å². The van der Waals surface area contributed by atoms with Gasteiger partial charge in [0.1, 0.15) is 0 Å². The van der Waals surface area contributed by atoms with Gasteiger partial charge in [-0.1, -0.05) is 19.3 Å². The zero-order chi connectivity index (χ0) is 11.5. The van der Waals surface area contributed by atoms with Crippen molar-refractivity contribution >= 4 is 0 Å². The number of hydrogen-bond acceptors (Lipinski definition) is 2. The first kappa shape index (κ1) is 12.0. The van der Waals surface area contributed by atoms with Gasteiger partial charge >= 0.3 is 0 Å². The molecule has 1 atom stereocenters. The number of hydrogen-bond donors (Lipinski definition) is 1. The summed E-state index contributed by atoms with van der Waals surface area (Å²) >= 11 is 0. The van der Waals surface area contributed by atoms with Crippen molar-refractivity contribution in [3.8, 4) is 0 Å². The highest BCUT2D eigenvalue weighted by Gasteiger charge is 2.28. The van der Waals surface area contributed by atoms with Crippen molar-refractivity contribution < 1.29 is 0 Å². The Labute approximate surface area is 106 Å². The van der Waals surface area contributed by atoms with E-state index in [1.807, 2.05) is 0 Å². The van der Waals surface area contributed by atoms with Crippen LogP contribution in [0.25, 0.3) is 0 Å². The van der Waals surface area contributed by atoms with Crippen molar-refractivity contribution in [2.75, 3.05) is 19.6 Å². The number of rotatable bonds is 4. The molecule has 3 rings (SSSR count). The molecule has 0 radical (unpaired) electrons. The van der Waals surface area contributed by atoms with Crippen molar-refractivity contribution in [1.29, 1.82) is 0 Å². The molecule has 0 bridgehead atoms. The third-order valence-corrected chi connectivity index (χ3v) is 4.91. The van der Waals surface area contributed by atoms with Crippen molar-refractivity contribution in [3.05, 3.63) is 0 Å². The SMILES string of the molecule is C1CCC(N2CCCC(CNC3CC3)C2)CC1. The predicted octanol–water partition coefficient (Wildman–Crippen LogP) is 2.78. The molecule has 3 fully saturated rings. The topological polar surface area (TPSA) is 15.3 Å². The molecule has 3 aliphatic rings. The van der Waals surface area contributed by atoms with Crippen LogP contribution < -0.4 is 5.32 Å². The average molecular weight is 236 g/mol. The monoisotopic (exact) mass is 236 g/mol. The quantitative estimate of drug-likeness (QED) is 0.807. The van der Waals surface area contributed by atoms with Crippen LogP contribution in [0.15, 0.2) is 0 Å². The molecule has 1 saturated heterocycles. The fourth-order valence-electron chi connectivity index (χ4n) is 3.66. The van der Waals surface area contributed by atoms with Crippen molar-refractivity contribution in [1.82, 2.24) is 10.2 Å². The lowest BCUT2D eigenvalue weighted by atomic mass is 9.90. The Morgan fingerprint density at radius 1 is 0.882 bits per heavy atom. The summed E-state index contributed by atoms with van der Waals surface area (Å²) in [5.41, 5.74) is 0. The Morgan fingerprint density at radius 3 is 2.47 bits per heavy atom. The second kappa shape index (κ2) is 5.71. The van der Waals surface area contributed by atoms with E-state index in [1.165, 1.54) is 77.4 Å². The molecule has 2 aliphatic carbocycles. The summed E-state index contributed by atoms with van der Waals surface area (Å²) in [5, 5.41) is 3.72. The minimum Gasteiger partial charge on any atom is -0.314 e. The van der Waals surface area contributed by atoms with Crippen LogP contribution in [-0.2, 0) is 0 Å². The Morgan fingerprint density at radius 2 is 1.71 bits per heavy atom. The van der Waals surface area contributed by atoms with E-state index in [-0.39, 0.29) is 0 Å². The number of nitrogens with one attached hydrogen (secondary N) is 1. The molecule has 17 heavy (non-hydrogen) atoms. The summed E-state index contributed by atoms with van der Waals surface area (Å²) in [4.78, 5) is 2.82. The van der Waals surface area contributed by atoms with E-state index in [1.54, 1.807) is 0 Å². The van der Waals surface area contributed by atoms with E-state index in [0.29, 0.717) is 0 Å². The first-order valence-corrected chi connectivity index (χ1v) is 7.89. The second-order valence-corrected chi connectivity index (χ2v) is 6.48. The summed E-state index contributed by atoms with van der Waals surface area (Å²) < 4.78 is 0. The molecule has 0 aromatic carbocycles. The van der Waals surface area contributed by atoms with E-state index < -0.39 is 0 Å². The molecule has 0 spiro atoms. The third-order valence-electron chi connectivity index (χ3n) is 4.91. The van der Waals surface area contributed by atoms with Crippen LogP contribution in [0.2, 0.25) is 0 Å². The molecular weight excluding hydrogens is 208 g/mol. The maximum absolute atomic E-state index is 3.72. The Balaban J connectivity index is 1.44. The third kappa shape index (κ3) is 3.45. The van der Waals surface area contributed by atoms with Gasteiger partial charge < -0.3 is 10.2 Å². The predicted molar refractivity (Wildman–Crippen MR) is 72.2 cm³/mol. The second-order valence-electron chi connectivity index (χ2n) is 6.48. The Bertz CT molecular complexity index is 231. The zero-order valence-electron chi connectivity index (χ0n) is 11.2. The van der Waals surface area contributed by atoms with Gasteiger partial charge in [0.05, 0.1) is 0 Å². The van der Waals surface area contributed by atoms with Crippen LogP contribution >= 0.6 is 0 Å². The van der Waals surface area contributed by atoms with Crippen LogP contribution in [-0.4, -0.2) is 36.6 Å². The number of nitrogens with zero attached hydrogens (tertiary/aromatic N) is 1. The van der Waals surface area contributed by atoms with Crippen LogP contribution in [0.3, 0.4) is 0 Å². The fourth-order valence-corrected chi connectivity index (χ4v) is 3.66. The lowest BCUT2D eigenvalue weighted by molar-refractivity contribution is 0.0979. The standard InChI is InChI=1S/C15H28N2/c1-2-6-15(7-3-1)17-10-4-5-13(12-17)11-16-14-8-9-14/h13-16H,1-12H2. The number of piperidine rings is 1. The Kier molecular flexibility index (Phi) is 4.02. The van der Waals surface area contributed by atoms with Gasteiger partial charge in [-0.25, -0.2) is 0 Å². The summed E-state index contributed by atoms with van der Waals surface area (Å²) in [6.07, 6.45) is 13.1. The Hall–Kier alpha value is -0.0800. The lowest BCUT2D eigenvalue weighted by Gasteiger charge is -2.40. The molecule has 98 valence electrons. The smallest absolute Gasteiger partial charge is 0.00953 e. The lowest BCUT2D eigenvalue weighted by Crippen LogP contribution is -2.45. The summed E-state index contributed by atoms with van der Waals surface area (Å²) in [6.45, 7) is 4.04. The molecule has 2 saturated carbocycles. The summed E-state index contributed by atoms with van der Waals surface area (Å²) in [6, 6.07) is 1.83. The van der Waals surface area contributed by atoms with Crippen molar-refractivity contribution in [2.45, 2.75) is 69.9 Å². The van der Waals surface area contributed by atoms with E-state index in [4.69, 9.17) is 0 Å². The van der Waals surface area contributed by atoms with Crippen molar-refractivity contribution in [3.63, 3.8) is 0 Å². The van der Waals surface area contributed by atoms with Gasteiger partial charge in [0.15, 0.2) is 0 Å². The molecule has 0 aromatic rings. The van der Waals surface area contributed by atoms with Gasteiger partial charge in [-0.2, -0.15) is 0 Å². The van der Waals surface area contributed by atoms with Gasteiger partial charge in [0.25, 0.3) is 0 Å². The van der Waals surface area contributed by atoms with Crippen molar-refractivity contribution in [2.24, 2.45) is 5.92 Å². The van der Waals surface area contributed by atoms with E-state index in [9.17, 15) is 0 Å². The van der Waals surface area contributed by atoms with Crippen LogP contribution in [0.4, 0.5) is 0 Å². The minimum absolute atomic E-state index is 0.889. The zero-order valence-corrected chi connectivity index (χ0v) is 11.2. The average Bonchev–Trinajstić information content (AvgIpc) is 3.22. The minimum atomic E-state index is 0.889. The molecule has 1 heterocycles. The molecular formula is C15H28N2. The van der Waals surface area contributed by atoms with Gasteiger partial charge in [-0.3, -0.25) is 0 Å². The van der Waals surface area contributed by atoms with Gasteiger partial charge in [0.2, 0.25) is 0 Å². The van der Waals surface area contributed by atoms with E-state index >= 15 is 0 Å². The molecule has 1 aliphatic heterocycles. The highest BCUT2D eigenvalue weighted by Crippen LogP contribution is 2.27. The first-order chi connectivity index (χ1) is 8.42. The van der Waals surface area contributed by atoms with Gasteiger partial charge in [-0.15, -0.1) is 0 Å². The van der Waals surface area contributed by atoms with Crippen LogP contribution in [0.1, 0.15) is 57.8 Å². The van der Waals surface area contributed by atoms with E-state index in [0.717, 1.165) is 18.0 Å².